The second-order valence-electron chi connectivity index (χ2n) is 10.8. The monoisotopic (exact) mass is 626 g/mol. The molecule has 4 rings (SSSR count). The molecule has 0 aromatic heterocycles. The molecule has 0 aliphatic carbocycles. The molecular weight excluding hydrogens is 594 g/mol. The van der Waals surface area contributed by atoms with Gasteiger partial charge in [0, 0.05) is 34.5 Å². The number of carboxylic acids is 3. The van der Waals surface area contributed by atoms with Gasteiger partial charge in [0.2, 0.25) is 5.91 Å². The van der Waals surface area contributed by atoms with Crippen molar-refractivity contribution in [1.29, 1.82) is 0 Å². The number of halogens is 3. The van der Waals surface area contributed by atoms with Crippen LogP contribution >= 0.6 is 23.2 Å². The summed E-state index contributed by atoms with van der Waals surface area (Å²) in [7, 11) is 2.11. The number of rotatable bonds is 9. The van der Waals surface area contributed by atoms with Crippen LogP contribution < -0.4 is 0 Å². The van der Waals surface area contributed by atoms with Gasteiger partial charge in [-0.15, -0.1) is 0 Å². The Labute approximate surface area is 252 Å². The lowest BCUT2D eigenvalue weighted by atomic mass is 9.64. The van der Waals surface area contributed by atoms with Crippen LogP contribution in [0.15, 0.2) is 42.5 Å². The van der Waals surface area contributed by atoms with E-state index in [4.69, 9.17) is 43.6 Å². The first kappa shape index (κ1) is 33.3. The Hall–Kier alpha value is -3.25. The molecule has 228 valence electrons. The lowest BCUT2D eigenvalue weighted by Crippen LogP contribution is -2.48. The van der Waals surface area contributed by atoms with Crippen molar-refractivity contribution in [3.8, 4) is 0 Å². The van der Waals surface area contributed by atoms with Gasteiger partial charge in [0.15, 0.2) is 5.60 Å². The van der Waals surface area contributed by atoms with Crippen LogP contribution in [0.5, 0.6) is 0 Å². The Balaban J connectivity index is 0.000000316. The second kappa shape index (κ2) is 13.8. The highest BCUT2D eigenvalue weighted by Gasteiger charge is 2.49. The van der Waals surface area contributed by atoms with E-state index in [1.807, 2.05) is 29.2 Å². The minimum absolute atomic E-state index is 0.0867. The van der Waals surface area contributed by atoms with Gasteiger partial charge in [0.05, 0.1) is 12.8 Å². The fourth-order valence-corrected chi connectivity index (χ4v) is 6.25. The van der Waals surface area contributed by atoms with E-state index in [2.05, 4.69) is 11.9 Å². The standard InChI is InChI=1S/C23H25Cl2FN2O.C6H8O7/c1-27-10-7-23(8-11-27,17-2-4-20(26)5-3-17)21-6-9-28(22(21)29)15-16-12-18(24)14-19(25)13-16;7-3(8)1-6(13,5(11)12)2-4(9)10/h2-5,12-14,21H,6-11,15H2,1H3;13H,1-2H2,(H,7,8)(H,9,10)(H,11,12). The van der Waals surface area contributed by atoms with Crippen LogP contribution in [0.1, 0.15) is 43.2 Å². The van der Waals surface area contributed by atoms with Crippen molar-refractivity contribution < 1.29 is 44.0 Å². The van der Waals surface area contributed by atoms with Crippen molar-refractivity contribution in [1.82, 2.24) is 9.80 Å². The van der Waals surface area contributed by atoms with Gasteiger partial charge in [-0.25, -0.2) is 9.18 Å². The Bertz CT molecular complexity index is 1280. The van der Waals surface area contributed by atoms with E-state index in [1.165, 1.54) is 12.1 Å². The average Bonchev–Trinajstić information content (AvgIpc) is 3.24. The molecule has 2 heterocycles. The summed E-state index contributed by atoms with van der Waals surface area (Å²) < 4.78 is 13.6. The Kier molecular flexibility index (Phi) is 10.9. The summed E-state index contributed by atoms with van der Waals surface area (Å²) in [6.45, 7) is 3.09. The van der Waals surface area contributed by atoms with E-state index in [9.17, 15) is 23.6 Å². The van der Waals surface area contributed by atoms with Crippen molar-refractivity contribution in [2.24, 2.45) is 5.92 Å². The highest BCUT2D eigenvalue weighted by molar-refractivity contribution is 6.34. The normalized spacial score (nSPS) is 18.7. The third-order valence-electron chi connectivity index (χ3n) is 7.84. The van der Waals surface area contributed by atoms with E-state index < -0.39 is 36.4 Å². The molecule has 0 spiro atoms. The average molecular weight is 627 g/mol. The van der Waals surface area contributed by atoms with E-state index in [0.29, 0.717) is 23.1 Å². The third-order valence-corrected chi connectivity index (χ3v) is 8.28. The van der Waals surface area contributed by atoms with Crippen LogP contribution in [-0.4, -0.2) is 86.3 Å². The van der Waals surface area contributed by atoms with Gasteiger partial charge in [0.25, 0.3) is 0 Å². The fourth-order valence-electron chi connectivity index (χ4n) is 5.68. The molecule has 1 amide bonds. The van der Waals surface area contributed by atoms with Crippen LogP contribution in [0.2, 0.25) is 10.0 Å². The lowest BCUT2D eigenvalue weighted by molar-refractivity contribution is -0.170. The van der Waals surface area contributed by atoms with Crippen molar-refractivity contribution >= 4 is 47.0 Å². The summed E-state index contributed by atoms with van der Waals surface area (Å²) >= 11 is 12.3. The maximum atomic E-state index is 13.6. The largest absolute Gasteiger partial charge is 0.481 e. The van der Waals surface area contributed by atoms with E-state index in [1.54, 1.807) is 6.07 Å². The van der Waals surface area contributed by atoms with Gasteiger partial charge >= 0.3 is 17.9 Å². The molecule has 2 aromatic carbocycles. The zero-order valence-corrected chi connectivity index (χ0v) is 24.4. The number of amides is 1. The molecule has 2 aliphatic rings. The molecule has 2 aromatic rings. The Morgan fingerprint density at radius 2 is 1.48 bits per heavy atom. The Morgan fingerprint density at radius 3 is 1.95 bits per heavy atom. The number of aliphatic hydroxyl groups is 1. The van der Waals surface area contributed by atoms with E-state index in [0.717, 1.165) is 43.5 Å². The molecule has 1 atom stereocenters. The van der Waals surface area contributed by atoms with Crippen LogP contribution in [0.4, 0.5) is 4.39 Å². The zero-order valence-electron chi connectivity index (χ0n) is 22.9. The predicted octanol–water partition coefficient (Wildman–Crippen LogP) is 3.90. The number of nitrogens with zero attached hydrogens (tertiary/aromatic N) is 2. The fraction of sp³-hybridized carbons (Fsp3) is 0.448. The first-order valence-corrected chi connectivity index (χ1v) is 14.0. The van der Waals surface area contributed by atoms with Gasteiger partial charge in [-0.1, -0.05) is 35.3 Å². The van der Waals surface area contributed by atoms with Crippen molar-refractivity contribution in [2.45, 2.75) is 49.7 Å². The number of aliphatic carboxylic acids is 3. The van der Waals surface area contributed by atoms with Gasteiger partial charge < -0.3 is 30.2 Å². The molecule has 2 fully saturated rings. The van der Waals surface area contributed by atoms with Crippen LogP contribution in [0.3, 0.4) is 0 Å². The number of piperidine rings is 1. The molecular formula is C29H33Cl2FN2O8. The molecule has 2 aliphatic heterocycles. The van der Waals surface area contributed by atoms with E-state index >= 15 is 0 Å². The van der Waals surface area contributed by atoms with Crippen molar-refractivity contribution in [3.05, 3.63) is 69.5 Å². The smallest absolute Gasteiger partial charge is 0.336 e. The summed E-state index contributed by atoms with van der Waals surface area (Å²) in [5.74, 6) is -5.17. The molecule has 1 unspecified atom stereocenters. The highest BCUT2D eigenvalue weighted by atomic mass is 35.5. The molecule has 0 saturated carbocycles. The van der Waals surface area contributed by atoms with Crippen molar-refractivity contribution in [3.63, 3.8) is 0 Å². The SMILES string of the molecule is CN1CCC(c2ccc(F)cc2)(C2CCN(Cc3cc(Cl)cc(Cl)c3)C2=O)CC1.O=C(O)CC(O)(CC(=O)O)C(=O)O. The second-order valence-corrected chi connectivity index (χ2v) is 11.7. The van der Waals surface area contributed by atoms with Crippen LogP contribution in [0.25, 0.3) is 0 Å². The first-order valence-electron chi connectivity index (χ1n) is 13.2. The number of carboxylic acid groups (broad SMARTS) is 3. The third kappa shape index (κ3) is 8.19. The number of likely N-dealkylation sites (tertiary alicyclic amines) is 2. The van der Waals surface area contributed by atoms with E-state index in [-0.39, 0.29) is 23.1 Å². The number of carbonyl (C=O) groups is 4. The van der Waals surface area contributed by atoms with Gasteiger partial charge in [-0.3, -0.25) is 14.4 Å². The predicted molar refractivity (Wildman–Crippen MR) is 152 cm³/mol. The minimum atomic E-state index is -2.74. The molecule has 0 radical (unpaired) electrons. The summed E-state index contributed by atoms with van der Waals surface area (Å²) in [5.41, 5.74) is -0.955. The highest BCUT2D eigenvalue weighted by Crippen LogP contribution is 2.46. The first-order chi connectivity index (χ1) is 19.6. The lowest BCUT2D eigenvalue weighted by Gasteiger charge is -2.44. The number of hydrogen-bond acceptors (Lipinski definition) is 6. The maximum Gasteiger partial charge on any atom is 0.336 e. The molecule has 0 bridgehead atoms. The summed E-state index contributed by atoms with van der Waals surface area (Å²) in [5, 5.41) is 35.0. The Morgan fingerprint density at radius 1 is 0.952 bits per heavy atom. The summed E-state index contributed by atoms with van der Waals surface area (Å²) in [6.07, 6.45) is 0.336. The minimum Gasteiger partial charge on any atom is -0.481 e. The maximum absolute atomic E-state index is 13.6. The quantitative estimate of drug-likeness (QED) is 0.324. The van der Waals surface area contributed by atoms with Gasteiger partial charge in [-0.05, 0) is 80.9 Å². The summed E-state index contributed by atoms with van der Waals surface area (Å²) in [6, 6.07) is 12.2. The molecule has 2 saturated heterocycles. The topological polar surface area (TPSA) is 156 Å². The van der Waals surface area contributed by atoms with Gasteiger partial charge in [-0.2, -0.15) is 0 Å². The van der Waals surface area contributed by atoms with Crippen molar-refractivity contribution in [2.75, 3.05) is 26.7 Å². The van der Waals surface area contributed by atoms with Gasteiger partial charge in [0.1, 0.15) is 5.82 Å². The molecule has 42 heavy (non-hydrogen) atoms. The zero-order chi connectivity index (χ0) is 31.2. The number of hydrogen-bond donors (Lipinski definition) is 4. The molecule has 4 N–H and O–H groups in total. The molecule has 13 heteroatoms. The number of carbonyl (C=O) groups excluding carboxylic acids is 1. The van der Waals surface area contributed by atoms with Crippen LogP contribution in [-0.2, 0) is 31.1 Å². The molecule has 10 nitrogen and oxygen atoms in total. The summed E-state index contributed by atoms with van der Waals surface area (Å²) in [4.78, 5) is 48.2. The number of benzene rings is 2. The van der Waals surface area contributed by atoms with Crippen LogP contribution in [0, 0.1) is 11.7 Å².